The number of hydrogen-bond acceptors (Lipinski definition) is 4. The third-order valence-electron chi connectivity index (χ3n) is 3.50. The molecule has 0 amide bonds. The van der Waals surface area contributed by atoms with Crippen molar-refractivity contribution in [3.05, 3.63) is 48.2 Å². The minimum absolute atomic E-state index is 0.704. The number of methoxy groups -OCH3 is 1. The van der Waals surface area contributed by atoms with Gasteiger partial charge in [0.1, 0.15) is 11.3 Å². The number of nitrogens with zero attached hydrogens (tertiary/aromatic N) is 1. The van der Waals surface area contributed by atoms with Gasteiger partial charge in [-0.05, 0) is 13.1 Å². The van der Waals surface area contributed by atoms with Crippen LogP contribution in [0.2, 0.25) is 0 Å². The average molecular weight is 288 g/mol. The van der Waals surface area contributed by atoms with Gasteiger partial charge in [0, 0.05) is 37.7 Å². The topological polar surface area (TPSA) is 37.6 Å². The minimum atomic E-state index is 0.704. The summed E-state index contributed by atoms with van der Waals surface area (Å²) in [5, 5.41) is 4.41. The summed E-state index contributed by atoms with van der Waals surface area (Å²) in [5.41, 5.74) is 2.18. The van der Waals surface area contributed by atoms with Crippen LogP contribution in [0.4, 0.5) is 0 Å². The van der Waals surface area contributed by atoms with Crippen LogP contribution >= 0.6 is 0 Å². The van der Waals surface area contributed by atoms with Gasteiger partial charge in [0.05, 0.1) is 13.2 Å². The number of nitrogens with one attached hydrogen (secondary N) is 1. The van der Waals surface area contributed by atoms with E-state index in [2.05, 4.69) is 22.9 Å². The summed E-state index contributed by atoms with van der Waals surface area (Å²) in [6, 6.07) is 8.19. The predicted octanol–water partition coefficient (Wildman–Crippen LogP) is 2.79. The van der Waals surface area contributed by atoms with Gasteiger partial charge in [-0.15, -0.1) is 6.58 Å². The standard InChI is InChI=1S/C17H24N2O2/c1-4-9-19(10-11-20-3)13-17-15(12-18-2)14-7-5-6-8-16(14)21-17/h4-8,18H,1,9-13H2,2-3H3. The van der Waals surface area contributed by atoms with E-state index < -0.39 is 0 Å². The van der Waals surface area contributed by atoms with Crippen molar-refractivity contribution in [2.45, 2.75) is 13.1 Å². The number of ether oxygens (including phenoxy) is 1. The Balaban J connectivity index is 2.26. The third kappa shape index (κ3) is 3.94. The van der Waals surface area contributed by atoms with Crippen molar-refractivity contribution < 1.29 is 9.15 Å². The summed E-state index contributed by atoms with van der Waals surface area (Å²) in [7, 11) is 3.68. The van der Waals surface area contributed by atoms with Crippen molar-refractivity contribution in [3.63, 3.8) is 0 Å². The van der Waals surface area contributed by atoms with Crippen LogP contribution in [0.5, 0.6) is 0 Å². The molecule has 0 aliphatic heterocycles. The lowest BCUT2D eigenvalue weighted by molar-refractivity contribution is 0.147. The molecule has 0 aliphatic rings. The molecule has 0 radical (unpaired) electrons. The van der Waals surface area contributed by atoms with Gasteiger partial charge in [-0.2, -0.15) is 0 Å². The van der Waals surface area contributed by atoms with Crippen LogP contribution < -0.4 is 5.32 Å². The Morgan fingerprint density at radius 2 is 2.19 bits per heavy atom. The fourth-order valence-corrected chi connectivity index (χ4v) is 2.49. The Morgan fingerprint density at radius 3 is 2.90 bits per heavy atom. The van der Waals surface area contributed by atoms with Gasteiger partial charge in [-0.3, -0.25) is 4.90 Å². The van der Waals surface area contributed by atoms with Crippen LogP contribution in [0.1, 0.15) is 11.3 Å². The quantitative estimate of drug-likeness (QED) is 0.720. The lowest BCUT2D eigenvalue weighted by Crippen LogP contribution is -2.27. The van der Waals surface area contributed by atoms with Crippen molar-refractivity contribution >= 4 is 11.0 Å². The summed E-state index contributed by atoms with van der Waals surface area (Å²) in [6.07, 6.45) is 1.91. The number of para-hydroxylation sites is 1. The summed E-state index contributed by atoms with van der Waals surface area (Å²) in [5.74, 6) is 1.02. The lowest BCUT2D eigenvalue weighted by atomic mass is 10.1. The zero-order valence-electron chi connectivity index (χ0n) is 12.9. The first kappa shape index (κ1) is 15.8. The molecule has 0 unspecified atom stereocenters. The van der Waals surface area contributed by atoms with Gasteiger partial charge in [0.25, 0.3) is 0 Å². The van der Waals surface area contributed by atoms with Crippen molar-refractivity contribution in [2.24, 2.45) is 0 Å². The van der Waals surface area contributed by atoms with Crippen LogP contribution in [-0.2, 0) is 17.8 Å². The van der Waals surface area contributed by atoms with E-state index in [9.17, 15) is 0 Å². The molecule has 1 heterocycles. The Bertz CT molecular complexity index is 577. The van der Waals surface area contributed by atoms with E-state index in [0.29, 0.717) is 6.61 Å². The lowest BCUT2D eigenvalue weighted by Gasteiger charge is -2.19. The van der Waals surface area contributed by atoms with E-state index in [1.165, 1.54) is 10.9 Å². The summed E-state index contributed by atoms with van der Waals surface area (Å²) in [6.45, 7) is 7.78. The van der Waals surface area contributed by atoms with E-state index in [-0.39, 0.29) is 0 Å². The Kier molecular flexibility index (Phi) is 5.99. The number of rotatable bonds is 9. The Morgan fingerprint density at radius 1 is 1.38 bits per heavy atom. The second-order valence-corrected chi connectivity index (χ2v) is 5.05. The van der Waals surface area contributed by atoms with Crippen molar-refractivity contribution in [2.75, 3.05) is 33.9 Å². The number of fused-ring (bicyclic) bond motifs is 1. The fraction of sp³-hybridized carbons (Fsp3) is 0.412. The highest BCUT2D eigenvalue weighted by Crippen LogP contribution is 2.26. The normalized spacial score (nSPS) is 11.4. The molecule has 0 atom stereocenters. The molecular formula is C17H24N2O2. The molecule has 1 aromatic heterocycles. The van der Waals surface area contributed by atoms with Crippen LogP contribution in [-0.4, -0.2) is 38.8 Å². The van der Waals surface area contributed by atoms with E-state index >= 15 is 0 Å². The number of furan rings is 1. The molecule has 2 aromatic rings. The molecule has 4 nitrogen and oxygen atoms in total. The number of hydrogen-bond donors (Lipinski definition) is 1. The molecular weight excluding hydrogens is 264 g/mol. The Labute approximate surface area is 126 Å². The smallest absolute Gasteiger partial charge is 0.134 e. The van der Waals surface area contributed by atoms with Crippen LogP contribution in [0, 0.1) is 0 Å². The fourth-order valence-electron chi connectivity index (χ4n) is 2.49. The van der Waals surface area contributed by atoms with Gasteiger partial charge < -0.3 is 14.5 Å². The molecule has 1 aromatic carbocycles. The largest absolute Gasteiger partial charge is 0.459 e. The van der Waals surface area contributed by atoms with Crippen LogP contribution in [0.25, 0.3) is 11.0 Å². The molecule has 21 heavy (non-hydrogen) atoms. The van der Waals surface area contributed by atoms with Gasteiger partial charge in [0.15, 0.2) is 0 Å². The van der Waals surface area contributed by atoms with E-state index in [1.54, 1.807) is 7.11 Å². The number of benzene rings is 1. The summed E-state index contributed by atoms with van der Waals surface area (Å²) >= 11 is 0. The van der Waals surface area contributed by atoms with E-state index in [4.69, 9.17) is 9.15 Å². The van der Waals surface area contributed by atoms with E-state index in [1.807, 2.05) is 31.3 Å². The van der Waals surface area contributed by atoms with Gasteiger partial charge in [-0.25, -0.2) is 0 Å². The minimum Gasteiger partial charge on any atom is -0.459 e. The molecule has 2 rings (SSSR count). The average Bonchev–Trinajstić information content (AvgIpc) is 2.83. The van der Waals surface area contributed by atoms with Gasteiger partial charge >= 0.3 is 0 Å². The first-order valence-electron chi connectivity index (χ1n) is 7.26. The second-order valence-electron chi connectivity index (χ2n) is 5.05. The maximum atomic E-state index is 6.05. The van der Waals surface area contributed by atoms with Crippen molar-refractivity contribution in [1.29, 1.82) is 0 Å². The highest BCUT2D eigenvalue weighted by Gasteiger charge is 2.15. The first-order chi connectivity index (χ1) is 10.3. The zero-order chi connectivity index (χ0) is 15.1. The van der Waals surface area contributed by atoms with Crippen LogP contribution in [0.15, 0.2) is 41.3 Å². The third-order valence-corrected chi connectivity index (χ3v) is 3.50. The zero-order valence-corrected chi connectivity index (χ0v) is 12.9. The second kappa shape index (κ2) is 7.98. The maximum absolute atomic E-state index is 6.05. The molecule has 1 N–H and O–H groups in total. The molecule has 0 fully saturated rings. The molecule has 0 spiro atoms. The van der Waals surface area contributed by atoms with Crippen LogP contribution in [0.3, 0.4) is 0 Å². The highest BCUT2D eigenvalue weighted by molar-refractivity contribution is 5.82. The highest BCUT2D eigenvalue weighted by atomic mass is 16.5. The predicted molar refractivity (Wildman–Crippen MR) is 86.3 cm³/mol. The van der Waals surface area contributed by atoms with Gasteiger partial charge in [-0.1, -0.05) is 24.3 Å². The molecule has 114 valence electrons. The van der Waals surface area contributed by atoms with Gasteiger partial charge in [0.2, 0.25) is 0 Å². The monoisotopic (exact) mass is 288 g/mol. The molecule has 4 heteroatoms. The van der Waals surface area contributed by atoms with Crippen molar-refractivity contribution in [3.8, 4) is 0 Å². The summed E-state index contributed by atoms with van der Waals surface area (Å²) < 4.78 is 11.2. The Hall–Kier alpha value is -1.62. The first-order valence-corrected chi connectivity index (χ1v) is 7.26. The molecule has 0 aliphatic carbocycles. The van der Waals surface area contributed by atoms with E-state index in [0.717, 1.165) is 37.5 Å². The SMILES string of the molecule is C=CCN(CCOC)Cc1oc2ccccc2c1CNC. The molecule has 0 bridgehead atoms. The molecule has 0 saturated heterocycles. The van der Waals surface area contributed by atoms with Crippen molar-refractivity contribution in [1.82, 2.24) is 10.2 Å². The summed E-state index contributed by atoms with van der Waals surface area (Å²) in [4.78, 5) is 2.27. The maximum Gasteiger partial charge on any atom is 0.134 e. The molecule has 0 saturated carbocycles.